The van der Waals surface area contributed by atoms with Gasteiger partial charge in [-0.05, 0) is 18.6 Å². The summed E-state index contributed by atoms with van der Waals surface area (Å²) >= 11 is 0. The van der Waals surface area contributed by atoms with Gasteiger partial charge in [0.1, 0.15) is 12.4 Å². The second-order valence-corrected chi connectivity index (χ2v) is 4.01. The molecule has 0 saturated carbocycles. The monoisotopic (exact) mass is 248 g/mol. The zero-order valence-corrected chi connectivity index (χ0v) is 10.2. The second-order valence-electron chi connectivity index (χ2n) is 4.01. The van der Waals surface area contributed by atoms with Gasteiger partial charge in [0.15, 0.2) is 0 Å². The fraction of sp³-hybridized carbons (Fsp3) is 0.231. The Kier molecular flexibility index (Phi) is 3.41. The second kappa shape index (κ2) is 5.00. The molecule has 0 radical (unpaired) electrons. The normalized spacial score (nSPS) is 10.4. The lowest BCUT2D eigenvalue weighted by atomic mass is 10.1. The fourth-order valence-corrected chi connectivity index (χ4v) is 1.55. The van der Waals surface area contributed by atoms with Crippen LogP contribution in [-0.2, 0) is 18.4 Å². The molecule has 0 aliphatic carbocycles. The molecular weight excluding hydrogens is 235 g/mol. The van der Waals surface area contributed by atoms with Crippen molar-refractivity contribution in [3.05, 3.63) is 53.4 Å². The first-order valence-corrected chi connectivity index (χ1v) is 5.47. The third kappa shape index (κ3) is 2.40. The van der Waals surface area contributed by atoms with E-state index in [1.165, 1.54) is 6.07 Å². The molecule has 1 heterocycles. The van der Waals surface area contributed by atoms with E-state index < -0.39 is 11.8 Å². The van der Waals surface area contributed by atoms with Crippen LogP contribution in [0.4, 0.5) is 4.39 Å². The van der Waals surface area contributed by atoms with Crippen molar-refractivity contribution in [2.45, 2.75) is 13.5 Å². The summed E-state index contributed by atoms with van der Waals surface area (Å²) in [7, 11) is 1.80. The Hall–Kier alpha value is -2.17. The van der Waals surface area contributed by atoms with Crippen LogP contribution in [0.2, 0.25) is 0 Å². The highest BCUT2D eigenvalue weighted by Crippen LogP contribution is 2.13. The molecule has 5 heteroatoms. The first kappa shape index (κ1) is 12.3. The van der Waals surface area contributed by atoms with Crippen molar-refractivity contribution >= 4 is 5.97 Å². The van der Waals surface area contributed by atoms with Crippen LogP contribution in [0.25, 0.3) is 0 Å². The molecule has 18 heavy (non-hydrogen) atoms. The van der Waals surface area contributed by atoms with Crippen molar-refractivity contribution in [3.8, 4) is 0 Å². The standard InChI is InChI=1S/C13H13FN2O2/c1-9-4-3-5-11(12(9)14)13(17)18-7-10-6-15-8-16(10)2/h3-6,8H,7H2,1-2H3. The number of nitrogens with zero attached hydrogens (tertiary/aromatic N) is 2. The van der Waals surface area contributed by atoms with Gasteiger partial charge < -0.3 is 9.30 Å². The van der Waals surface area contributed by atoms with Gasteiger partial charge >= 0.3 is 5.97 Å². The SMILES string of the molecule is Cc1cccc(C(=O)OCc2cncn2C)c1F. The number of halogens is 1. The van der Waals surface area contributed by atoms with Gasteiger partial charge in [-0.15, -0.1) is 0 Å². The van der Waals surface area contributed by atoms with Gasteiger partial charge in [0.2, 0.25) is 0 Å². The summed E-state index contributed by atoms with van der Waals surface area (Å²) in [5, 5.41) is 0. The Morgan fingerprint density at radius 1 is 1.50 bits per heavy atom. The maximum absolute atomic E-state index is 13.7. The summed E-state index contributed by atoms with van der Waals surface area (Å²) in [6, 6.07) is 4.64. The Morgan fingerprint density at radius 3 is 2.94 bits per heavy atom. The number of carbonyl (C=O) groups is 1. The Morgan fingerprint density at radius 2 is 2.28 bits per heavy atom. The van der Waals surface area contributed by atoms with E-state index in [-0.39, 0.29) is 12.2 Å². The summed E-state index contributed by atoms with van der Waals surface area (Å²) in [6.45, 7) is 1.68. The number of carbonyl (C=O) groups excluding carboxylic acids is 1. The molecule has 0 unspecified atom stereocenters. The van der Waals surface area contributed by atoms with Gasteiger partial charge in [-0.25, -0.2) is 14.2 Å². The third-order valence-electron chi connectivity index (χ3n) is 2.68. The third-order valence-corrected chi connectivity index (χ3v) is 2.68. The van der Waals surface area contributed by atoms with Crippen LogP contribution in [0.15, 0.2) is 30.7 Å². The van der Waals surface area contributed by atoms with Crippen LogP contribution in [-0.4, -0.2) is 15.5 Å². The zero-order valence-electron chi connectivity index (χ0n) is 10.2. The molecule has 0 aliphatic heterocycles. The molecule has 0 fully saturated rings. The fourth-order valence-electron chi connectivity index (χ4n) is 1.55. The van der Waals surface area contributed by atoms with Crippen molar-refractivity contribution in [2.75, 3.05) is 0 Å². The van der Waals surface area contributed by atoms with Crippen molar-refractivity contribution in [1.29, 1.82) is 0 Å². The van der Waals surface area contributed by atoms with Gasteiger partial charge in [0.25, 0.3) is 0 Å². The topological polar surface area (TPSA) is 44.1 Å². The van der Waals surface area contributed by atoms with Gasteiger partial charge in [-0.3, -0.25) is 0 Å². The van der Waals surface area contributed by atoms with E-state index in [1.807, 2.05) is 0 Å². The Bertz CT molecular complexity index is 578. The van der Waals surface area contributed by atoms with E-state index in [9.17, 15) is 9.18 Å². The number of ether oxygens (including phenoxy) is 1. The van der Waals surface area contributed by atoms with Crippen LogP contribution in [0.5, 0.6) is 0 Å². The molecular formula is C13H13FN2O2. The first-order chi connectivity index (χ1) is 8.59. The number of esters is 1. The van der Waals surface area contributed by atoms with Crippen LogP contribution < -0.4 is 0 Å². The number of aromatic nitrogens is 2. The van der Waals surface area contributed by atoms with E-state index in [0.717, 1.165) is 5.69 Å². The number of hydrogen-bond donors (Lipinski definition) is 0. The summed E-state index contributed by atoms with van der Waals surface area (Å²) < 4.78 is 20.5. The molecule has 0 atom stereocenters. The lowest BCUT2D eigenvalue weighted by molar-refractivity contribution is 0.0459. The van der Waals surface area contributed by atoms with E-state index in [1.54, 1.807) is 43.2 Å². The highest BCUT2D eigenvalue weighted by atomic mass is 19.1. The molecule has 0 saturated heterocycles. The predicted octanol–water partition coefficient (Wildman–Crippen LogP) is 2.22. The van der Waals surface area contributed by atoms with Crippen LogP contribution in [0, 0.1) is 12.7 Å². The average Bonchev–Trinajstić information content (AvgIpc) is 2.75. The molecule has 2 aromatic rings. The molecule has 0 bridgehead atoms. The minimum Gasteiger partial charge on any atom is -0.456 e. The molecule has 4 nitrogen and oxygen atoms in total. The maximum atomic E-state index is 13.7. The van der Waals surface area contributed by atoms with Gasteiger partial charge in [-0.2, -0.15) is 0 Å². The van der Waals surface area contributed by atoms with E-state index in [4.69, 9.17) is 4.74 Å². The smallest absolute Gasteiger partial charge is 0.341 e. The lowest BCUT2D eigenvalue weighted by Crippen LogP contribution is -2.09. The molecule has 2 rings (SSSR count). The van der Waals surface area contributed by atoms with E-state index >= 15 is 0 Å². The summed E-state index contributed by atoms with van der Waals surface area (Å²) in [5.41, 5.74) is 1.12. The molecule has 1 aromatic heterocycles. The minimum atomic E-state index is -0.669. The summed E-state index contributed by atoms with van der Waals surface area (Å²) in [4.78, 5) is 15.6. The van der Waals surface area contributed by atoms with Crippen LogP contribution >= 0.6 is 0 Å². The largest absolute Gasteiger partial charge is 0.456 e. The minimum absolute atomic E-state index is 0.0443. The zero-order chi connectivity index (χ0) is 13.1. The highest BCUT2D eigenvalue weighted by molar-refractivity contribution is 5.89. The van der Waals surface area contributed by atoms with Crippen LogP contribution in [0.3, 0.4) is 0 Å². The lowest BCUT2D eigenvalue weighted by Gasteiger charge is -2.07. The Labute approximate surface area is 104 Å². The maximum Gasteiger partial charge on any atom is 0.341 e. The van der Waals surface area contributed by atoms with Crippen molar-refractivity contribution in [2.24, 2.45) is 7.05 Å². The molecule has 0 spiro atoms. The van der Waals surface area contributed by atoms with Crippen molar-refractivity contribution in [1.82, 2.24) is 9.55 Å². The van der Waals surface area contributed by atoms with Gasteiger partial charge in [0.05, 0.1) is 23.8 Å². The van der Waals surface area contributed by atoms with E-state index in [0.29, 0.717) is 5.56 Å². The molecule has 94 valence electrons. The molecule has 0 N–H and O–H groups in total. The number of rotatable bonds is 3. The van der Waals surface area contributed by atoms with Gasteiger partial charge in [-0.1, -0.05) is 12.1 Å². The summed E-state index contributed by atoms with van der Waals surface area (Å²) in [6.07, 6.45) is 3.20. The number of aryl methyl sites for hydroxylation is 2. The van der Waals surface area contributed by atoms with Crippen molar-refractivity contribution in [3.63, 3.8) is 0 Å². The van der Waals surface area contributed by atoms with Gasteiger partial charge in [0, 0.05) is 7.05 Å². The molecule has 0 aliphatic rings. The quantitative estimate of drug-likeness (QED) is 0.782. The molecule has 0 amide bonds. The number of benzene rings is 1. The Balaban J connectivity index is 2.09. The first-order valence-electron chi connectivity index (χ1n) is 5.47. The number of imidazole rings is 1. The molecule has 1 aromatic carbocycles. The highest BCUT2D eigenvalue weighted by Gasteiger charge is 2.15. The average molecular weight is 248 g/mol. The van der Waals surface area contributed by atoms with Crippen molar-refractivity contribution < 1.29 is 13.9 Å². The predicted molar refractivity (Wildman–Crippen MR) is 63.5 cm³/mol. The number of hydrogen-bond acceptors (Lipinski definition) is 3. The van der Waals surface area contributed by atoms with Crippen LogP contribution in [0.1, 0.15) is 21.6 Å². The summed E-state index contributed by atoms with van der Waals surface area (Å²) in [5.74, 6) is -1.20. The van der Waals surface area contributed by atoms with E-state index in [2.05, 4.69) is 4.98 Å².